The SMILES string of the molecule is CC(C)S(=O)N=C1COC1. The lowest BCUT2D eigenvalue weighted by atomic mass is 10.3. The average molecular weight is 161 g/mol. The van der Waals surface area contributed by atoms with Gasteiger partial charge in [-0.25, -0.2) is 4.21 Å². The molecule has 0 radical (unpaired) electrons. The van der Waals surface area contributed by atoms with Gasteiger partial charge in [0.15, 0.2) is 0 Å². The second-order valence-corrected chi connectivity index (χ2v) is 4.15. The van der Waals surface area contributed by atoms with Gasteiger partial charge in [0.2, 0.25) is 0 Å². The smallest absolute Gasteiger partial charge is 0.142 e. The normalized spacial score (nSPS) is 20.5. The number of ether oxygens (including phenoxy) is 1. The van der Waals surface area contributed by atoms with Gasteiger partial charge in [-0.2, -0.15) is 4.40 Å². The second-order valence-electron chi connectivity index (χ2n) is 2.48. The lowest BCUT2D eigenvalue weighted by Gasteiger charge is -2.15. The van der Waals surface area contributed by atoms with Crippen molar-refractivity contribution in [2.75, 3.05) is 13.2 Å². The van der Waals surface area contributed by atoms with Crippen LogP contribution in [-0.4, -0.2) is 28.4 Å². The zero-order chi connectivity index (χ0) is 7.56. The van der Waals surface area contributed by atoms with Crippen LogP contribution in [0.3, 0.4) is 0 Å². The van der Waals surface area contributed by atoms with Crippen LogP contribution < -0.4 is 0 Å². The van der Waals surface area contributed by atoms with Crippen molar-refractivity contribution < 1.29 is 8.95 Å². The molecule has 4 heteroatoms. The van der Waals surface area contributed by atoms with E-state index in [1.165, 1.54) is 0 Å². The molecule has 0 saturated carbocycles. The maximum absolute atomic E-state index is 11.0. The van der Waals surface area contributed by atoms with Crippen LogP contribution in [0.4, 0.5) is 0 Å². The molecule has 0 N–H and O–H groups in total. The van der Waals surface area contributed by atoms with Gasteiger partial charge >= 0.3 is 0 Å². The highest BCUT2D eigenvalue weighted by molar-refractivity contribution is 7.84. The van der Waals surface area contributed by atoms with Crippen LogP contribution in [0.5, 0.6) is 0 Å². The number of rotatable bonds is 2. The topological polar surface area (TPSA) is 38.7 Å². The Hall–Kier alpha value is -0.220. The second kappa shape index (κ2) is 3.25. The Kier molecular flexibility index (Phi) is 2.56. The van der Waals surface area contributed by atoms with E-state index < -0.39 is 11.0 Å². The van der Waals surface area contributed by atoms with Crippen LogP contribution >= 0.6 is 0 Å². The molecule has 1 fully saturated rings. The summed E-state index contributed by atoms with van der Waals surface area (Å²) in [7, 11) is -1.04. The molecule has 0 aromatic rings. The van der Waals surface area contributed by atoms with Gasteiger partial charge in [0.1, 0.15) is 11.0 Å². The molecule has 1 atom stereocenters. The molecule has 3 nitrogen and oxygen atoms in total. The molecule has 1 unspecified atom stereocenters. The van der Waals surface area contributed by atoms with Crippen LogP contribution in [0.1, 0.15) is 13.8 Å². The van der Waals surface area contributed by atoms with Gasteiger partial charge in [0, 0.05) is 0 Å². The third-order valence-electron chi connectivity index (χ3n) is 1.16. The average Bonchev–Trinajstić information content (AvgIpc) is 1.77. The molecule has 1 heterocycles. The number of hydrogen-bond donors (Lipinski definition) is 0. The van der Waals surface area contributed by atoms with Gasteiger partial charge in [-0.15, -0.1) is 0 Å². The summed E-state index contributed by atoms with van der Waals surface area (Å²) in [5, 5.41) is 0.119. The lowest BCUT2D eigenvalue weighted by Crippen LogP contribution is -2.28. The van der Waals surface area contributed by atoms with Gasteiger partial charge in [0.05, 0.1) is 24.2 Å². The summed E-state index contributed by atoms with van der Waals surface area (Å²) in [4.78, 5) is 0. The van der Waals surface area contributed by atoms with E-state index >= 15 is 0 Å². The first-order valence-electron chi connectivity index (χ1n) is 3.25. The van der Waals surface area contributed by atoms with Crippen molar-refractivity contribution in [1.29, 1.82) is 0 Å². The quantitative estimate of drug-likeness (QED) is 0.592. The van der Waals surface area contributed by atoms with Crippen molar-refractivity contribution in [2.24, 2.45) is 4.40 Å². The fourth-order valence-electron chi connectivity index (χ4n) is 0.479. The van der Waals surface area contributed by atoms with Crippen LogP contribution in [-0.2, 0) is 15.7 Å². The summed E-state index contributed by atoms with van der Waals surface area (Å²) in [6, 6.07) is 0. The molecule has 1 saturated heterocycles. The van der Waals surface area contributed by atoms with Crippen molar-refractivity contribution in [1.82, 2.24) is 0 Å². The Morgan fingerprint density at radius 3 is 2.50 bits per heavy atom. The Bertz CT molecular complexity index is 171. The molecule has 1 aliphatic rings. The van der Waals surface area contributed by atoms with E-state index in [0.717, 1.165) is 5.71 Å². The minimum absolute atomic E-state index is 0.119. The minimum atomic E-state index is -1.04. The fourth-order valence-corrected chi connectivity index (χ4v) is 1.05. The highest BCUT2D eigenvalue weighted by Crippen LogP contribution is 2.01. The molecule has 0 bridgehead atoms. The third kappa shape index (κ3) is 1.88. The first-order chi connectivity index (χ1) is 4.70. The molecule has 10 heavy (non-hydrogen) atoms. The summed E-state index contributed by atoms with van der Waals surface area (Å²) < 4.78 is 19.8. The van der Waals surface area contributed by atoms with Gasteiger partial charge in [-0.3, -0.25) is 0 Å². The Morgan fingerprint density at radius 1 is 1.60 bits per heavy atom. The molecule has 1 aliphatic heterocycles. The highest BCUT2D eigenvalue weighted by atomic mass is 32.2. The summed E-state index contributed by atoms with van der Waals surface area (Å²) in [5.74, 6) is 0. The van der Waals surface area contributed by atoms with Gasteiger partial charge in [-0.05, 0) is 13.8 Å². The van der Waals surface area contributed by atoms with Crippen molar-refractivity contribution >= 4 is 16.7 Å². The monoisotopic (exact) mass is 161 g/mol. The van der Waals surface area contributed by atoms with Crippen LogP contribution in [0.25, 0.3) is 0 Å². The van der Waals surface area contributed by atoms with E-state index in [-0.39, 0.29) is 5.25 Å². The standard InChI is InChI=1S/C6H11NO2S/c1-5(2)10(8)7-6-3-9-4-6/h5H,3-4H2,1-2H3. The first-order valence-corrected chi connectivity index (χ1v) is 4.42. The number of nitrogens with zero attached hydrogens (tertiary/aromatic N) is 1. The zero-order valence-electron chi connectivity index (χ0n) is 6.16. The van der Waals surface area contributed by atoms with Gasteiger partial charge in [0.25, 0.3) is 0 Å². The molecule has 0 amide bonds. The fraction of sp³-hybridized carbons (Fsp3) is 0.833. The third-order valence-corrected chi connectivity index (χ3v) is 2.40. The summed E-state index contributed by atoms with van der Waals surface area (Å²) in [6.07, 6.45) is 0. The molecular weight excluding hydrogens is 150 g/mol. The summed E-state index contributed by atoms with van der Waals surface area (Å²) >= 11 is 0. The molecule has 58 valence electrons. The molecular formula is C6H11NO2S. The first kappa shape index (κ1) is 7.88. The van der Waals surface area contributed by atoms with Crippen molar-refractivity contribution in [3.63, 3.8) is 0 Å². The highest BCUT2D eigenvalue weighted by Gasteiger charge is 2.13. The van der Waals surface area contributed by atoms with E-state index in [4.69, 9.17) is 4.74 Å². The van der Waals surface area contributed by atoms with Gasteiger partial charge < -0.3 is 4.74 Å². The minimum Gasteiger partial charge on any atom is -0.369 e. The predicted octanol–water partition coefficient (Wildman–Crippen LogP) is 0.530. The van der Waals surface area contributed by atoms with Crippen molar-refractivity contribution in [3.8, 4) is 0 Å². The molecule has 0 aromatic carbocycles. The van der Waals surface area contributed by atoms with Crippen LogP contribution in [0.15, 0.2) is 4.40 Å². The van der Waals surface area contributed by atoms with Crippen molar-refractivity contribution in [3.05, 3.63) is 0 Å². The van der Waals surface area contributed by atoms with Crippen LogP contribution in [0, 0.1) is 0 Å². The number of hydrogen-bond acceptors (Lipinski definition) is 2. The zero-order valence-corrected chi connectivity index (χ0v) is 6.98. The maximum Gasteiger partial charge on any atom is 0.142 e. The summed E-state index contributed by atoms with van der Waals surface area (Å²) in [6.45, 7) is 4.91. The van der Waals surface area contributed by atoms with E-state index in [1.807, 2.05) is 13.8 Å². The van der Waals surface area contributed by atoms with E-state index in [1.54, 1.807) is 0 Å². The van der Waals surface area contributed by atoms with Crippen molar-refractivity contribution in [2.45, 2.75) is 19.1 Å². The molecule has 1 rings (SSSR count). The Labute approximate surface area is 63.1 Å². The maximum atomic E-state index is 11.0. The lowest BCUT2D eigenvalue weighted by molar-refractivity contribution is 0.160. The Morgan fingerprint density at radius 2 is 2.20 bits per heavy atom. The molecule has 0 spiro atoms. The van der Waals surface area contributed by atoms with Gasteiger partial charge in [-0.1, -0.05) is 0 Å². The summed E-state index contributed by atoms with van der Waals surface area (Å²) in [5.41, 5.74) is 0.923. The predicted molar refractivity (Wildman–Crippen MR) is 41.5 cm³/mol. The Balaban J connectivity index is 2.43. The van der Waals surface area contributed by atoms with E-state index in [2.05, 4.69) is 4.40 Å². The molecule has 0 aromatic heterocycles. The van der Waals surface area contributed by atoms with Crippen LogP contribution in [0.2, 0.25) is 0 Å². The molecule has 0 aliphatic carbocycles. The largest absolute Gasteiger partial charge is 0.369 e. The van der Waals surface area contributed by atoms with E-state index in [0.29, 0.717) is 13.2 Å². The van der Waals surface area contributed by atoms with E-state index in [9.17, 15) is 4.21 Å².